The van der Waals surface area contributed by atoms with Crippen LogP contribution in [-0.4, -0.2) is 40.1 Å². The van der Waals surface area contributed by atoms with Crippen LogP contribution >= 0.6 is 11.8 Å². The average Bonchev–Trinajstić information content (AvgIpc) is 2.50. The van der Waals surface area contributed by atoms with E-state index in [1.54, 1.807) is 0 Å². The molecule has 0 aliphatic heterocycles. The zero-order valence-electron chi connectivity index (χ0n) is 13.1. The maximum absolute atomic E-state index is 11.8. The van der Waals surface area contributed by atoms with Gasteiger partial charge in [-0.25, -0.2) is 0 Å². The number of carboxylic acids is 1. The zero-order chi connectivity index (χ0) is 18.5. The van der Waals surface area contributed by atoms with Crippen molar-refractivity contribution in [1.29, 1.82) is 0 Å². The highest BCUT2D eigenvalue weighted by atomic mass is 32.2. The monoisotopic (exact) mass is 355 g/mol. The fourth-order valence-electron chi connectivity index (χ4n) is 1.52. The van der Waals surface area contributed by atoms with E-state index < -0.39 is 28.1 Å². The molecule has 0 saturated heterocycles. The predicted molar refractivity (Wildman–Crippen MR) is 86.8 cm³/mol. The van der Waals surface area contributed by atoms with Crippen molar-refractivity contribution >= 4 is 35.2 Å². The van der Waals surface area contributed by atoms with E-state index in [1.165, 1.54) is 26.0 Å². The molecule has 0 unspecified atom stereocenters. The standard InChI is InChI=1S/C14H17N3O6S/c1-14(2,13(20)21)7-16-11(18)6-24-10-4-3-8(12(15)19)5-9(10)17(22)23/h3-5H,6-7H2,1-2H3,(H2,15,19)(H,16,18)(H,20,21). The van der Waals surface area contributed by atoms with Crippen molar-refractivity contribution in [3.63, 3.8) is 0 Å². The number of primary amides is 1. The lowest BCUT2D eigenvalue weighted by molar-refractivity contribution is -0.387. The van der Waals surface area contributed by atoms with Gasteiger partial charge >= 0.3 is 5.97 Å². The van der Waals surface area contributed by atoms with E-state index in [0.717, 1.165) is 17.8 Å². The van der Waals surface area contributed by atoms with Gasteiger partial charge in [0.25, 0.3) is 5.69 Å². The number of nitro groups is 1. The Labute approximate surface area is 141 Å². The van der Waals surface area contributed by atoms with Crippen LogP contribution in [0.2, 0.25) is 0 Å². The van der Waals surface area contributed by atoms with E-state index in [9.17, 15) is 24.5 Å². The topological polar surface area (TPSA) is 153 Å². The van der Waals surface area contributed by atoms with Gasteiger partial charge in [0.1, 0.15) is 0 Å². The molecule has 0 aliphatic rings. The first kappa shape index (κ1) is 19.4. The molecular formula is C14H17N3O6S. The van der Waals surface area contributed by atoms with Gasteiger partial charge in [-0.15, -0.1) is 11.8 Å². The number of nitrogens with one attached hydrogen (secondary N) is 1. The maximum Gasteiger partial charge on any atom is 0.310 e. The van der Waals surface area contributed by atoms with Gasteiger partial charge in [-0.3, -0.25) is 24.5 Å². The molecule has 2 amide bonds. The fourth-order valence-corrected chi connectivity index (χ4v) is 2.36. The number of benzene rings is 1. The number of thioether (sulfide) groups is 1. The maximum atomic E-state index is 11.8. The SMILES string of the molecule is CC(C)(CNC(=O)CSc1ccc(C(N)=O)cc1[N+](=O)[O-])C(=O)O. The van der Waals surface area contributed by atoms with Gasteiger partial charge in [-0.2, -0.15) is 0 Å². The lowest BCUT2D eigenvalue weighted by Gasteiger charge is -2.19. The number of hydrogen-bond acceptors (Lipinski definition) is 6. The van der Waals surface area contributed by atoms with E-state index in [-0.39, 0.29) is 28.4 Å². The van der Waals surface area contributed by atoms with Crippen LogP contribution in [0.1, 0.15) is 24.2 Å². The number of rotatable bonds is 8. The summed E-state index contributed by atoms with van der Waals surface area (Å²) in [6, 6.07) is 3.73. The van der Waals surface area contributed by atoms with Crippen LogP contribution in [0.5, 0.6) is 0 Å². The van der Waals surface area contributed by atoms with Crippen LogP contribution in [0.25, 0.3) is 0 Å². The van der Waals surface area contributed by atoms with Gasteiger partial charge in [-0.1, -0.05) is 0 Å². The molecule has 0 spiro atoms. The number of aliphatic carboxylic acids is 1. The van der Waals surface area contributed by atoms with Crippen molar-refractivity contribution in [3.8, 4) is 0 Å². The Kier molecular flexibility index (Phi) is 6.29. The van der Waals surface area contributed by atoms with Crippen molar-refractivity contribution in [2.24, 2.45) is 11.1 Å². The third-order valence-corrected chi connectivity index (χ3v) is 4.17. The molecule has 4 N–H and O–H groups in total. The molecule has 0 radical (unpaired) electrons. The number of nitrogens with zero attached hydrogens (tertiary/aromatic N) is 1. The molecule has 130 valence electrons. The molecule has 0 aromatic heterocycles. The van der Waals surface area contributed by atoms with E-state index >= 15 is 0 Å². The molecule has 0 fully saturated rings. The van der Waals surface area contributed by atoms with Crippen molar-refractivity contribution < 1.29 is 24.4 Å². The Bertz CT molecular complexity index is 689. The summed E-state index contributed by atoms with van der Waals surface area (Å²) in [5.74, 6) is -2.43. The Balaban J connectivity index is 2.73. The Morgan fingerprint density at radius 3 is 2.50 bits per heavy atom. The number of nitro benzene ring substituents is 1. The first-order valence-corrected chi connectivity index (χ1v) is 7.74. The molecular weight excluding hydrogens is 338 g/mol. The summed E-state index contributed by atoms with van der Waals surface area (Å²) in [7, 11) is 0. The number of carbonyl (C=O) groups excluding carboxylic acids is 2. The summed E-state index contributed by atoms with van der Waals surface area (Å²) in [5.41, 5.74) is 3.64. The number of carboxylic acid groups (broad SMARTS) is 1. The largest absolute Gasteiger partial charge is 0.481 e. The second kappa shape index (κ2) is 7.77. The summed E-state index contributed by atoms with van der Waals surface area (Å²) in [4.78, 5) is 44.4. The van der Waals surface area contributed by atoms with Gasteiger partial charge in [0.05, 0.1) is 21.0 Å². The minimum absolute atomic E-state index is 0.00120. The van der Waals surface area contributed by atoms with Crippen LogP contribution in [-0.2, 0) is 9.59 Å². The molecule has 0 bridgehead atoms. The summed E-state index contributed by atoms with van der Waals surface area (Å²) in [6.45, 7) is 2.87. The van der Waals surface area contributed by atoms with Crippen molar-refractivity contribution in [2.45, 2.75) is 18.7 Å². The molecule has 9 nitrogen and oxygen atoms in total. The molecule has 0 atom stereocenters. The van der Waals surface area contributed by atoms with Crippen molar-refractivity contribution in [3.05, 3.63) is 33.9 Å². The Morgan fingerprint density at radius 2 is 2.00 bits per heavy atom. The second-order valence-corrected chi connectivity index (χ2v) is 6.58. The smallest absolute Gasteiger partial charge is 0.310 e. The molecule has 0 heterocycles. The molecule has 0 saturated carbocycles. The summed E-state index contributed by atoms with van der Waals surface area (Å²) in [5, 5.41) is 22.5. The van der Waals surface area contributed by atoms with Gasteiger partial charge < -0.3 is 16.2 Å². The van der Waals surface area contributed by atoms with E-state index in [0.29, 0.717) is 0 Å². The second-order valence-electron chi connectivity index (χ2n) is 5.56. The fraction of sp³-hybridized carbons (Fsp3) is 0.357. The van der Waals surface area contributed by atoms with E-state index in [1.807, 2.05) is 0 Å². The summed E-state index contributed by atoms with van der Waals surface area (Å²) >= 11 is 0.910. The van der Waals surface area contributed by atoms with Crippen LogP contribution in [0, 0.1) is 15.5 Å². The van der Waals surface area contributed by atoms with Gasteiger partial charge in [0.2, 0.25) is 11.8 Å². The normalized spacial score (nSPS) is 10.9. The highest BCUT2D eigenvalue weighted by molar-refractivity contribution is 8.00. The number of amides is 2. The predicted octanol–water partition coefficient (Wildman–Crippen LogP) is 1.01. The molecule has 1 rings (SSSR count). The molecule has 0 aliphatic carbocycles. The number of carbonyl (C=O) groups is 3. The van der Waals surface area contributed by atoms with Gasteiger partial charge in [0.15, 0.2) is 0 Å². The number of nitrogens with two attached hydrogens (primary N) is 1. The summed E-state index contributed by atoms with van der Waals surface area (Å²) in [6.07, 6.45) is 0. The van der Waals surface area contributed by atoms with Crippen molar-refractivity contribution in [2.75, 3.05) is 12.3 Å². The first-order chi connectivity index (χ1) is 11.0. The number of hydrogen-bond donors (Lipinski definition) is 3. The van der Waals surface area contributed by atoms with Crippen LogP contribution in [0.4, 0.5) is 5.69 Å². The molecule has 1 aromatic carbocycles. The summed E-state index contributed by atoms with van der Waals surface area (Å²) < 4.78 is 0. The van der Waals surface area contributed by atoms with Crippen LogP contribution in [0.3, 0.4) is 0 Å². The van der Waals surface area contributed by atoms with Crippen LogP contribution < -0.4 is 11.1 Å². The van der Waals surface area contributed by atoms with Crippen LogP contribution in [0.15, 0.2) is 23.1 Å². The highest BCUT2D eigenvalue weighted by Crippen LogP contribution is 2.30. The first-order valence-electron chi connectivity index (χ1n) is 6.75. The average molecular weight is 355 g/mol. The molecule has 1 aromatic rings. The third-order valence-electron chi connectivity index (χ3n) is 3.11. The minimum atomic E-state index is -1.12. The zero-order valence-corrected chi connectivity index (χ0v) is 13.9. The van der Waals surface area contributed by atoms with Gasteiger partial charge in [-0.05, 0) is 26.0 Å². The quantitative estimate of drug-likeness (QED) is 0.357. The molecule has 10 heteroatoms. The molecule has 24 heavy (non-hydrogen) atoms. The highest BCUT2D eigenvalue weighted by Gasteiger charge is 2.27. The van der Waals surface area contributed by atoms with E-state index in [2.05, 4.69) is 5.32 Å². The van der Waals surface area contributed by atoms with E-state index in [4.69, 9.17) is 10.8 Å². The lowest BCUT2D eigenvalue weighted by atomic mass is 9.94. The van der Waals surface area contributed by atoms with Gasteiger partial charge in [0, 0.05) is 18.2 Å². The Morgan fingerprint density at radius 1 is 1.38 bits per heavy atom. The minimum Gasteiger partial charge on any atom is -0.481 e. The van der Waals surface area contributed by atoms with Crippen molar-refractivity contribution in [1.82, 2.24) is 5.32 Å². The third kappa shape index (κ3) is 5.23. The lowest BCUT2D eigenvalue weighted by Crippen LogP contribution is -2.39. The Hall–Kier alpha value is -2.62.